The van der Waals surface area contributed by atoms with Crippen molar-refractivity contribution in [2.75, 3.05) is 5.32 Å². The van der Waals surface area contributed by atoms with Gasteiger partial charge in [0.05, 0.1) is 18.6 Å². The lowest BCUT2D eigenvalue weighted by Gasteiger charge is -2.07. The lowest BCUT2D eigenvalue weighted by molar-refractivity contribution is 0.912. The number of anilines is 1. The Morgan fingerprint density at radius 2 is 2.19 bits per heavy atom. The first-order valence-electron chi connectivity index (χ1n) is 5.75. The monoisotopic (exact) mass is 213 g/mol. The predicted molar refractivity (Wildman–Crippen MR) is 64.4 cm³/mol. The molecule has 82 valence electrons. The molecule has 0 saturated carbocycles. The van der Waals surface area contributed by atoms with E-state index in [1.807, 2.05) is 6.20 Å². The number of nitrogens with zero attached hydrogens (tertiary/aromatic N) is 1. The van der Waals surface area contributed by atoms with Crippen molar-refractivity contribution in [3.63, 3.8) is 0 Å². The largest absolute Gasteiger partial charge is 0.379 e. The van der Waals surface area contributed by atoms with Crippen LogP contribution in [0, 0.1) is 0 Å². The number of nitrogens with one attached hydrogen (secondary N) is 2. The van der Waals surface area contributed by atoms with E-state index in [-0.39, 0.29) is 0 Å². The quantitative estimate of drug-likeness (QED) is 0.822. The van der Waals surface area contributed by atoms with Crippen LogP contribution in [0.25, 0.3) is 0 Å². The number of rotatable bonds is 3. The zero-order chi connectivity index (χ0) is 10.8. The Morgan fingerprint density at radius 3 is 3.06 bits per heavy atom. The highest BCUT2D eigenvalue weighted by molar-refractivity contribution is 5.50. The summed E-state index contributed by atoms with van der Waals surface area (Å²) < 4.78 is 0. The van der Waals surface area contributed by atoms with Gasteiger partial charge in [-0.2, -0.15) is 0 Å². The highest BCUT2D eigenvalue weighted by atomic mass is 14.9. The molecular formula is C13H15N3. The number of aromatic amines is 1. The number of hydrogen-bond donors (Lipinski definition) is 2. The maximum atomic E-state index is 4.00. The third-order valence-electron chi connectivity index (χ3n) is 3.14. The van der Waals surface area contributed by atoms with E-state index in [0.29, 0.717) is 0 Å². The maximum Gasteiger partial charge on any atom is 0.0922 e. The van der Waals surface area contributed by atoms with Crippen LogP contribution in [0.4, 0.5) is 5.69 Å². The summed E-state index contributed by atoms with van der Waals surface area (Å²) in [6, 6.07) is 6.69. The Bertz CT molecular complexity index is 474. The smallest absolute Gasteiger partial charge is 0.0922 e. The zero-order valence-electron chi connectivity index (χ0n) is 9.16. The van der Waals surface area contributed by atoms with E-state index in [0.717, 1.165) is 12.2 Å². The molecule has 3 rings (SSSR count). The maximum absolute atomic E-state index is 4.00. The number of aryl methyl sites for hydroxylation is 2. The number of imidazole rings is 1. The molecule has 0 atom stereocenters. The molecule has 1 aromatic heterocycles. The standard InChI is InChI=1S/C13H15N3/c1-2-10-4-5-12(6-11(10)3-1)15-8-13-7-14-9-16-13/h4-7,9,15H,1-3,8H2,(H,14,16). The fraction of sp³-hybridized carbons (Fsp3) is 0.308. The third kappa shape index (κ3) is 1.81. The average molecular weight is 213 g/mol. The summed E-state index contributed by atoms with van der Waals surface area (Å²) in [4.78, 5) is 7.08. The second-order valence-electron chi connectivity index (χ2n) is 4.27. The number of aromatic nitrogens is 2. The molecule has 0 unspecified atom stereocenters. The minimum atomic E-state index is 0.804. The second-order valence-corrected chi connectivity index (χ2v) is 4.27. The van der Waals surface area contributed by atoms with Crippen LogP contribution in [0.5, 0.6) is 0 Å². The molecule has 0 bridgehead atoms. The van der Waals surface area contributed by atoms with Crippen LogP contribution in [0.15, 0.2) is 30.7 Å². The molecule has 1 heterocycles. The molecule has 1 aromatic carbocycles. The SMILES string of the molecule is c1ncc(CNc2ccc3c(c2)CCC3)[nH]1. The lowest BCUT2D eigenvalue weighted by Crippen LogP contribution is -2.00. The van der Waals surface area contributed by atoms with Crippen molar-refractivity contribution in [1.82, 2.24) is 9.97 Å². The molecule has 16 heavy (non-hydrogen) atoms. The lowest BCUT2D eigenvalue weighted by atomic mass is 10.1. The van der Waals surface area contributed by atoms with Crippen molar-refractivity contribution >= 4 is 5.69 Å². The summed E-state index contributed by atoms with van der Waals surface area (Å²) in [6.07, 6.45) is 7.34. The summed E-state index contributed by atoms with van der Waals surface area (Å²) in [5, 5.41) is 3.41. The van der Waals surface area contributed by atoms with Gasteiger partial charge in [-0.3, -0.25) is 0 Å². The van der Waals surface area contributed by atoms with Gasteiger partial charge in [0.1, 0.15) is 0 Å². The molecule has 3 nitrogen and oxygen atoms in total. The van der Waals surface area contributed by atoms with Gasteiger partial charge in [-0.05, 0) is 42.5 Å². The zero-order valence-corrected chi connectivity index (χ0v) is 9.16. The van der Waals surface area contributed by atoms with E-state index in [4.69, 9.17) is 0 Å². The Labute approximate surface area is 94.9 Å². The third-order valence-corrected chi connectivity index (χ3v) is 3.14. The second kappa shape index (κ2) is 4.00. The van der Waals surface area contributed by atoms with Crippen LogP contribution in [-0.4, -0.2) is 9.97 Å². The van der Waals surface area contributed by atoms with Gasteiger partial charge in [0.25, 0.3) is 0 Å². The van der Waals surface area contributed by atoms with Crippen LogP contribution in [0.3, 0.4) is 0 Å². The van der Waals surface area contributed by atoms with Crippen LogP contribution < -0.4 is 5.32 Å². The molecule has 0 aliphatic heterocycles. The van der Waals surface area contributed by atoms with Crippen molar-refractivity contribution < 1.29 is 0 Å². The van der Waals surface area contributed by atoms with E-state index >= 15 is 0 Å². The fourth-order valence-electron chi connectivity index (χ4n) is 2.26. The molecule has 0 fully saturated rings. The molecule has 1 aliphatic carbocycles. The Balaban J connectivity index is 1.71. The summed E-state index contributed by atoms with van der Waals surface area (Å²) >= 11 is 0. The van der Waals surface area contributed by atoms with Gasteiger partial charge in [-0.15, -0.1) is 0 Å². The normalized spacial score (nSPS) is 13.8. The van der Waals surface area contributed by atoms with Gasteiger partial charge in [0, 0.05) is 11.9 Å². The predicted octanol–water partition coefficient (Wildman–Crippen LogP) is 2.51. The molecular weight excluding hydrogens is 198 g/mol. The first-order valence-corrected chi connectivity index (χ1v) is 5.75. The van der Waals surface area contributed by atoms with Gasteiger partial charge in [-0.1, -0.05) is 6.07 Å². The van der Waals surface area contributed by atoms with Crippen molar-refractivity contribution in [2.45, 2.75) is 25.8 Å². The van der Waals surface area contributed by atoms with Gasteiger partial charge >= 0.3 is 0 Å². The first kappa shape index (κ1) is 9.46. The molecule has 0 radical (unpaired) electrons. The molecule has 2 aromatic rings. The van der Waals surface area contributed by atoms with Crippen molar-refractivity contribution in [2.24, 2.45) is 0 Å². The molecule has 3 heteroatoms. The van der Waals surface area contributed by atoms with Gasteiger partial charge in [0.15, 0.2) is 0 Å². The number of hydrogen-bond acceptors (Lipinski definition) is 2. The summed E-state index contributed by atoms with van der Waals surface area (Å²) in [5.41, 5.74) is 5.34. The highest BCUT2D eigenvalue weighted by Crippen LogP contribution is 2.24. The number of H-pyrrole nitrogens is 1. The molecule has 0 amide bonds. The van der Waals surface area contributed by atoms with Gasteiger partial charge < -0.3 is 10.3 Å². The van der Waals surface area contributed by atoms with E-state index in [1.165, 1.54) is 36.1 Å². The molecule has 0 saturated heterocycles. The topological polar surface area (TPSA) is 40.7 Å². The van der Waals surface area contributed by atoms with Crippen LogP contribution >= 0.6 is 0 Å². The minimum absolute atomic E-state index is 0.804. The Kier molecular flexibility index (Phi) is 2.37. The minimum Gasteiger partial charge on any atom is -0.379 e. The van der Waals surface area contributed by atoms with Crippen molar-refractivity contribution in [3.05, 3.63) is 47.5 Å². The summed E-state index contributed by atoms with van der Waals surface area (Å²) in [5.74, 6) is 0. The van der Waals surface area contributed by atoms with Crippen molar-refractivity contribution in [3.8, 4) is 0 Å². The highest BCUT2D eigenvalue weighted by Gasteiger charge is 2.10. The first-order chi connectivity index (χ1) is 7.92. The molecule has 1 aliphatic rings. The van der Waals surface area contributed by atoms with Crippen LogP contribution in [0.1, 0.15) is 23.2 Å². The van der Waals surface area contributed by atoms with Crippen LogP contribution in [-0.2, 0) is 19.4 Å². The van der Waals surface area contributed by atoms with E-state index in [9.17, 15) is 0 Å². The average Bonchev–Trinajstić information content (AvgIpc) is 2.97. The fourth-order valence-corrected chi connectivity index (χ4v) is 2.26. The van der Waals surface area contributed by atoms with E-state index < -0.39 is 0 Å². The summed E-state index contributed by atoms with van der Waals surface area (Å²) in [6.45, 7) is 0.804. The molecule has 2 N–H and O–H groups in total. The van der Waals surface area contributed by atoms with Gasteiger partial charge in [-0.25, -0.2) is 4.98 Å². The van der Waals surface area contributed by atoms with E-state index in [1.54, 1.807) is 6.33 Å². The number of fused-ring (bicyclic) bond motifs is 1. The summed E-state index contributed by atoms with van der Waals surface area (Å²) in [7, 11) is 0. The van der Waals surface area contributed by atoms with Gasteiger partial charge in [0.2, 0.25) is 0 Å². The van der Waals surface area contributed by atoms with E-state index in [2.05, 4.69) is 33.5 Å². The Hall–Kier alpha value is -1.77. The Morgan fingerprint density at radius 1 is 1.25 bits per heavy atom. The molecule has 0 spiro atoms. The van der Waals surface area contributed by atoms with Crippen LogP contribution in [0.2, 0.25) is 0 Å². The number of benzene rings is 1. The van der Waals surface area contributed by atoms with Crippen molar-refractivity contribution in [1.29, 1.82) is 0 Å².